The Morgan fingerprint density at radius 1 is 1.06 bits per heavy atom. The largest absolute Gasteiger partial charge is 0.460 e. The average Bonchev–Trinajstić information content (AvgIpc) is 2.20. The van der Waals surface area contributed by atoms with Crippen LogP contribution in [0.15, 0.2) is 0 Å². The summed E-state index contributed by atoms with van der Waals surface area (Å²) in [6, 6.07) is 0. The van der Waals surface area contributed by atoms with Gasteiger partial charge in [-0.15, -0.1) is 0 Å². The molecule has 0 rings (SSSR count). The van der Waals surface area contributed by atoms with Crippen LogP contribution in [0.25, 0.3) is 0 Å². The number of ether oxygens (including phenoxy) is 1. The quantitative estimate of drug-likeness (QED) is 0.423. The lowest BCUT2D eigenvalue weighted by Gasteiger charge is -2.20. The van der Waals surface area contributed by atoms with Crippen molar-refractivity contribution < 1.29 is 9.53 Å². The van der Waals surface area contributed by atoms with Crippen LogP contribution < -0.4 is 0 Å². The first-order chi connectivity index (χ1) is 8.35. The number of carbonyl (C=O) groups is 1. The normalized spacial score (nSPS) is 13.4. The van der Waals surface area contributed by atoms with Crippen molar-refractivity contribution in [2.24, 2.45) is 5.92 Å². The maximum atomic E-state index is 11.6. The van der Waals surface area contributed by atoms with Crippen LogP contribution in [0.4, 0.5) is 0 Å². The molecular weight excluding hydrogens is 224 g/mol. The van der Waals surface area contributed by atoms with Crippen molar-refractivity contribution in [2.75, 3.05) is 0 Å². The zero-order chi connectivity index (χ0) is 14.0. The van der Waals surface area contributed by atoms with Gasteiger partial charge in [0.25, 0.3) is 0 Å². The third-order valence-corrected chi connectivity index (χ3v) is 2.99. The topological polar surface area (TPSA) is 26.3 Å². The lowest BCUT2D eigenvalue weighted by Crippen LogP contribution is -2.24. The van der Waals surface area contributed by atoms with Gasteiger partial charge in [0.1, 0.15) is 5.60 Å². The Labute approximate surface area is 113 Å². The zero-order valence-electron chi connectivity index (χ0n) is 13.1. The van der Waals surface area contributed by atoms with Crippen LogP contribution in [0.1, 0.15) is 86.0 Å². The fourth-order valence-corrected chi connectivity index (χ4v) is 2.04. The van der Waals surface area contributed by atoms with E-state index >= 15 is 0 Å². The minimum Gasteiger partial charge on any atom is -0.460 e. The van der Waals surface area contributed by atoms with E-state index in [1.165, 1.54) is 38.5 Å². The van der Waals surface area contributed by atoms with E-state index in [-0.39, 0.29) is 11.6 Å². The Bertz CT molecular complexity index is 216. The van der Waals surface area contributed by atoms with Gasteiger partial charge in [0, 0.05) is 6.42 Å². The van der Waals surface area contributed by atoms with Crippen LogP contribution in [0, 0.1) is 5.92 Å². The summed E-state index contributed by atoms with van der Waals surface area (Å²) in [5, 5.41) is 0. The van der Waals surface area contributed by atoms with Gasteiger partial charge in [-0.05, 0) is 26.7 Å². The molecule has 108 valence electrons. The van der Waals surface area contributed by atoms with E-state index in [1.807, 2.05) is 20.8 Å². The van der Waals surface area contributed by atoms with Crippen LogP contribution >= 0.6 is 0 Å². The van der Waals surface area contributed by atoms with Crippen molar-refractivity contribution >= 4 is 5.97 Å². The molecule has 0 N–H and O–H groups in total. The van der Waals surface area contributed by atoms with Crippen LogP contribution in [0.5, 0.6) is 0 Å². The van der Waals surface area contributed by atoms with Gasteiger partial charge in [-0.2, -0.15) is 0 Å². The molecule has 0 aliphatic carbocycles. The summed E-state index contributed by atoms with van der Waals surface area (Å²) in [4.78, 5) is 11.6. The van der Waals surface area contributed by atoms with Gasteiger partial charge in [-0.25, -0.2) is 0 Å². The van der Waals surface area contributed by atoms with Crippen molar-refractivity contribution in [1.82, 2.24) is 0 Å². The standard InChI is InChI=1S/C16H32O2/c1-6-7-8-9-10-11-12-14(2)13-15(17)18-16(3,4)5/h14H,6-13H2,1-5H3/t14-/m1/s1. The third kappa shape index (κ3) is 11.9. The Morgan fingerprint density at radius 2 is 1.61 bits per heavy atom. The van der Waals surface area contributed by atoms with Crippen LogP contribution in [-0.2, 0) is 9.53 Å². The maximum Gasteiger partial charge on any atom is 0.306 e. The van der Waals surface area contributed by atoms with E-state index in [1.54, 1.807) is 0 Å². The SMILES string of the molecule is CCCCCCCC[C@@H](C)CC(=O)OC(C)(C)C. The number of unbranched alkanes of at least 4 members (excludes halogenated alkanes) is 5. The smallest absolute Gasteiger partial charge is 0.306 e. The lowest BCUT2D eigenvalue weighted by molar-refractivity contribution is -0.155. The van der Waals surface area contributed by atoms with Gasteiger partial charge < -0.3 is 4.74 Å². The van der Waals surface area contributed by atoms with Crippen molar-refractivity contribution in [3.63, 3.8) is 0 Å². The molecule has 2 nitrogen and oxygen atoms in total. The summed E-state index contributed by atoms with van der Waals surface area (Å²) >= 11 is 0. The molecule has 0 aromatic carbocycles. The fourth-order valence-electron chi connectivity index (χ4n) is 2.04. The summed E-state index contributed by atoms with van der Waals surface area (Å²) in [7, 11) is 0. The van der Waals surface area contributed by atoms with Crippen molar-refractivity contribution in [3.8, 4) is 0 Å². The summed E-state index contributed by atoms with van der Waals surface area (Å²) in [6.07, 6.45) is 9.61. The molecule has 0 spiro atoms. The summed E-state index contributed by atoms with van der Waals surface area (Å²) in [6.45, 7) is 10.1. The van der Waals surface area contributed by atoms with Crippen molar-refractivity contribution in [3.05, 3.63) is 0 Å². The van der Waals surface area contributed by atoms with Crippen LogP contribution in [0.3, 0.4) is 0 Å². The first-order valence-electron chi connectivity index (χ1n) is 7.57. The zero-order valence-corrected chi connectivity index (χ0v) is 13.1. The number of esters is 1. The Balaban J connectivity index is 3.53. The first-order valence-corrected chi connectivity index (χ1v) is 7.57. The second-order valence-corrected chi connectivity index (χ2v) is 6.45. The predicted octanol–water partition coefficient (Wildman–Crippen LogP) is 5.10. The molecule has 0 heterocycles. The molecule has 0 amide bonds. The van der Waals surface area contributed by atoms with E-state index in [0.717, 1.165) is 6.42 Å². The van der Waals surface area contributed by atoms with Gasteiger partial charge in [-0.1, -0.05) is 58.8 Å². The molecule has 0 bridgehead atoms. The van der Waals surface area contributed by atoms with Gasteiger partial charge >= 0.3 is 5.97 Å². The molecule has 18 heavy (non-hydrogen) atoms. The Morgan fingerprint density at radius 3 is 2.17 bits per heavy atom. The predicted molar refractivity (Wildman–Crippen MR) is 77.6 cm³/mol. The molecule has 1 atom stereocenters. The Kier molecular flexibility index (Phi) is 9.13. The highest BCUT2D eigenvalue weighted by Crippen LogP contribution is 2.17. The van der Waals surface area contributed by atoms with Gasteiger partial charge in [-0.3, -0.25) is 4.79 Å². The number of hydrogen-bond acceptors (Lipinski definition) is 2. The van der Waals surface area contributed by atoms with Crippen LogP contribution in [0.2, 0.25) is 0 Å². The van der Waals surface area contributed by atoms with Crippen LogP contribution in [-0.4, -0.2) is 11.6 Å². The number of rotatable bonds is 9. The van der Waals surface area contributed by atoms with Gasteiger partial charge in [0.2, 0.25) is 0 Å². The molecule has 0 saturated heterocycles. The second-order valence-electron chi connectivity index (χ2n) is 6.45. The van der Waals surface area contributed by atoms with Gasteiger partial charge in [0.15, 0.2) is 0 Å². The highest BCUT2D eigenvalue weighted by Gasteiger charge is 2.18. The maximum absolute atomic E-state index is 11.6. The fraction of sp³-hybridized carbons (Fsp3) is 0.938. The molecule has 0 aliphatic rings. The molecule has 0 unspecified atom stereocenters. The molecular formula is C16H32O2. The van der Waals surface area contributed by atoms with E-state index < -0.39 is 0 Å². The minimum atomic E-state index is -0.350. The average molecular weight is 256 g/mol. The monoisotopic (exact) mass is 256 g/mol. The number of hydrogen-bond donors (Lipinski definition) is 0. The van der Waals surface area contributed by atoms with Crippen molar-refractivity contribution in [2.45, 2.75) is 91.6 Å². The third-order valence-electron chi connectivity index (χ3n) is 2.99. The molecule has 0 aliphatic heterocycles. The number of carbonyl (C=O) groups excluding carboxylic acids is 1. The van der Waals surface area contributed by atoms with Crippen molar-refractivity contribution in [1.29, 1.82) is 0 Å². The minimum absolute atomic E-state index is 0.0546. The molecule has 0 saturated carbocycles. The second kappa shape index (κ2) is 9.41. The molecule has 0 radical (unpaired) electrons. The van der Waals surface area contributed by atoms with E-state index in [0.29, 0.717) is 12.3 Å². The Hall–Kier alpha value is -0.530. The molecule has 0 fully saturated rings. The molecule has 2 heteroatoms. The highest BCUT2D eigenvalue weighted by atomic mass is 16.6. The van der Waals surface area contributed by atoms with E-state index in [9.17, 15) is 4.79 Å². The summed E-state index contributed by atoms with van der Waals surface area (Å²) in [5.41, 5.74) is -0.350. The first kappa shape index (κ1) is 17.5. The van der Waals surface area contributed by atoms with E-state index in [4.69, 9.17) is 4.74 Å². The summed E-state index contributed by atoms with van der Waals surface area (Å²) in [5.74, 6) is 0.395. The van der Waals surface area contributed by atoms with E-state index in [2.05, 4.69) is 13.8 Å². The molecule has 0 aromatic heterocycles. The molecule has 0 aromatic rings. The summed E-state index contributed by atoms with van der Waals surface area (Å²) < 4.78 is 5.33. The van der Waals surface area contributed by atoms with Gasteiger partial charge in [0.05, 0.1) is 0 Å². The highest BCUT2D eigenvalue weighted by molar-refractivity contribution is 5.70. The lowest BCUT2D eigenvalue weighted by atomic mass is 9.99.